The van der Waals surface area contributed by atoms with E-state index in [-0.39, 0.29) is 24.0 Å². The minimum absolute atomic E-state index is 0.212. The average molecular weight is 378 g/mol. The molecular formula is C18H19FN2O4S. The number of carbonyl (C=O) groups excluding carboxylic acids is 1. The molecule has 1 aliphatic rings. The lowest BCUT2D eigenvalue weighted by Gasteiger charge is -2.18. The Bertz CT molecular complexity index is 957. The summed E-state index contributed by atoms with van der Waals surface area (Å²) < 4.78 is 46.0. The van der Waals surface area contributed by atoms with Gasteiger partial charge in [-0.15, -0.1) is 0 Å². The van der Waals surface area contributed by atoms with Gasteiger partial charge < -0.3 is 10.1 Å². The topological polar surface area (TPSA) is 84.5 Å². The predicted molar refractivity (Wildman–Crippen MR) is 97.0 cm³/mol. The Morgan fingerprint density at radius 2 is 2.00 bits per heavy atom. The highest BCUT2D eigenvalue weighted by molar-refractivity contribution is 7.91. The largest absolute Gasteiger partial charge is 0.490 e. The number of benzene rings is 2. The number of fused-ring (bicyclic) bond motifs is 1. The number of nitrogens with one attached hydrogen (secondary N) is 2. The molecule has 3 rings (SSSR count). The van der Waals surface area contributed by atoms with Crippen LogP contribution in [0.4, 0.5) is 15.8 Å². The van der Waals surface area contributed by atoms with Crippen molar-refractivity contribution in [1.82, 2.24) is 0 Å². The molecule has 8 heteroatoms. The highest BCUT2D eigenvalue weighted by atomic mass is 32.2. The normalized spacial score (nSPS) is 16.0. The van der Waals surface area contributed by atoms with E-state index in [4.69, 9.17) is 4.74 Å². The summed E-state index contributed by atoms with van der Waals surface area (Å²) >= 11 is 0. The van der Waals surface area contributed by atoms with Gasteiger partial charge in [-0.05, 0) is 49.7 Å². The molecule has 0 fully saturated rings. The lowest BCUT2D eigenvalue weighted by molar-refractivity contribution is -0.124. The van der Waals surface area contributed by atoms with Gasteiger partial charge in [-0.3, -0.25) is 9.52 Å². The van der Waals surface area contributed by atoms with Crippen molar-refractivity contribution in [2.45, 2.75) is 19.6 Å². The summed E-state index contributed by atoms with van der Waals surface area (Å²) in [7, 11) is -3.75. The first-order chi connectivity index (χ1) is 12.1. The minimum atomic E-state index is -3.75. The highest BCUT2D eigenvalue weighted by Crippen LogP contribution is 2.34. The molecule has 0 aromatic heterocycles. The Morgan fingerprint density at radius 3 is 2.73 bits per heavy atom. The molecule has 1 aliphatic heterocycles. The van der Waals surface area contributed by atoms with Crippen LogP contribution in [0.25, 0.3) is 0 Å². The quantitative estimate of drug-likeness (QED) is 0.856. The van der Waals surface area contributed by atoms with Gasteiger partial charge in [0.25, 0.3) is 0 Å². The van der Waals surface area contributed by atoms with Gasteiger partial charge in [-0.25, -0.2) is 12.8 Å². The van der Waals surface area contributed by atoms with E-state index in [2.05, 4.69) is 10.0 Å². The molecule has 1 heterocycles. The Hall–Kier alpha value is -2.61. The lowest BCUT2D eigenvalue weighted by atomic mass is 9.94. The van der Waals surface area contributed by atoms with Crippen LogP contribution in [0.1, 0.15) is 19.4 Å². The smallest absolute Gasteiger partial charge is 0.236 e. The fraction of sp³-hybridized carbons (Fsp3) is 0.278. The maximum atomic E-state index is 13.2. The molecule has 0 unspecified atom stereocenters. The average Bonchev–Trinajstić information content (AvgIpc) is 2.63. The van der Waals surface area contributed by atoms with Crippen molar-refractivity contribution in [2.75, 3.05) is 16.6 Å². The number of sulfonamides is 1. The molecule has 138 valence electrons. The van der Waals surface area contributed by atoms with Gasteiger partial charge in [0, 0.05) is 0 Å². The van der Waals surface area contributed by atoms with Gasteiger partial charge in [-0.1, -0.05) is 12.1 Å². The van der Waals surface area contributed by atoms with Crippen LogP contribution in [0.5, 0.6) is 5.75 Å². The summed E-state index contributed by atoms with van der Waals surface area (Å²) in [5.74, 6) is -0.601. The number of hydrogen-bond donors (Lipinski definition) is 2. The third kappa shape index (κ3) is 4.13. The minimum Gasteiger partial charge on any atom is -0.490 e. The van der Waals surface area contributed by atoms with E-state index in [1.165, 1.54) is 30.3 Å². The van der Waals surface area contributed by atoms with Gasteiger partial charge in [0.2, 0.25) is 15.9 Å². The highest BCUT2D eigenvalue weighted by Gasteiger charge is 2.32. The van der Waals surface area contributed by atoms with Crippen LogP contribution in [0.3, 0.4) is 0 Å². The molecule has 2 aromatic rings. The molecule has 0 spiro atoms. The van der Waals surface area contributed by atoms with Crippen LogP contribution in [-0.2, 0) is 20.6 Å². The van der Waals surface area contributed by atoms with Gasteiger partial charge in [0.1, 0.15) is 18.2 Å². The predicted octanol–water partition coefficient (Wildman–Crippen LogP) is 3.12. The molecule has 1 amide bonds. The second kappa shape index (κ2) is 6.60. The van der Waals surface area contributed by atoms with Crippen molar-refractivity contribution < 1.29 is 22.3 Å². The summed E-state index contributed by atoms with van der Waals surface area (Å²) in [5, 5.41) is 2.75. The Kier molecular flexibility index (Phi) is 4.62. The summed E-state index contributed by atoms with van der Waals surface area (Å²) in [6.45, 7) is 3.74. The number of anilines is 2. The van der Waals surface area contributed by atoms with Crippen molar-refractivity contribution in [3.8, 4) is 5.75 Å². The van der Waals surface area contributed by atoms with Gasteiger partial charge >= 0.3 is 0 Å². The first kappa shape index (κ1) is 18.2. The monoisotopic (exact) mass is 378 g/mol. The zero-order valence-electron chi connectivity index (χ0n) is 14.4. The first-order valence-electron chi connectivity index (χ1n) is 7.98. The molecule has 26 heavy (non-hydrogen) atoms. The number of halogens is 1. The fourth-order valence-electron chi connectivity index (χ4n) is 2.49. The second-order valence-corrected chi connectivity index (χ2v) is 8.55. The number of carbonyl (C=O) groups is 1. The molecule has 2 aromatic carbocycles. The van der Waals surface area contributed by atoms with E-state index in [0.717, 1.165) is 0 Å². The van der Waals surface area contributed by atoms with Crippen LogP contribution in [0.2, 0.25) is 0 Å². The van der Waals surface area contributed by atoms with Crippen molar-refractivity contribution in [2.24, 2.45) is 5.41 Å². The van der Waals surface area contributed by atoms with E-state index in [1.807, 2.05) is 0 Å². The molecule has 6 nitrogen and oxygen atoms in total. The Balaban J connectivity index is 1.80. The number of rotatable bonds is 4. The third-order valence-corrected chi connectivity index (χ3v) is 5.21. The Labute approximate surface area is 151 Å². The SMILES string of the molecule is CC1(C)COc2ccc(NS(=O)(=O)Cc3cccc(F)c3)cc2NC1=O. The third-order valence-electron chi connectivity index (χ3n) is 3.95. The number of amides is 1. The number of ether oxygens (including phenoxy) is 1. The van der Waals surface area contributed by atoms with Gasteiger partial charge in [0.05, 0.1) is 22.5 Å². The van der Waals surface area contributed by atoms with Crippen molar-refractivity contribution in [3.05, 3.63) is 53.8 Å². The van der Waals surface area contributed by atoms with Crippen LogP contribution >= 0.6 is 0 Å². The van der Waals surface area contributed by atoms with Crippen LogP contribution in [0.15, 0.2) is 42.5 Å². The fourth-order valence-corrected chi connectivity index (χ4v) is 3.67. The van der Waals surface area contributed by atoms with E-state index >= 15 is 0 Å². The molecule has 0 radical (unpaired) electrons. The van der Waals surface area contributed by atoms with E-state index < -0.39 is 21.3 Å². The van der Waals surface area contributed by atoms with Crippen molar-refractivity contribution >= 4 is 27.3 Å². The van der Waals surface area contributed by atoms with Crippen molar-refractivity contribution in [3.63, 3.8) is 0 Å². The maximum absolute atomic E-state index is 13.2. The molecule has 0 bridgehead atoms. The first-order valence-corrected chi connectivity index (χ1v) is 9.63. The molecule has 0 saturated carbocycles. The zero-order valence-corrected chi connectivity index (χ0v) is 15.2. The summed E-state index contributed by atoms with van der Waals surface area (Å²) in [4.78, 5) is 12.2. The van der Waals surface area contributed by atoms with Crippen molar-refractivity contribution in [1.29, 1.82) is 0 Å². The van der Waals surface area contributed by atoms with Crippen LogP contribution in [-0.4, -0.2) is 20.9 Å². The molecule has 0 aliphatic carbocycles. The van der Waals surface area contributed by atoms with E-state index in [1.54, 1.807) is 26.0 Å². The standard InChI is InChI=1S/C18H19FN2O4S/c1-18(2)11-25-16-7-6-14(9-15(16)20-17(18)22)21-26(23,24)10-12-4-3-5-13(19)8-12/h3-9,21H,10-11H2,1-2H3,(H,20,22). The van der Waals surface area contributed by atoms with Gasteiger partial charge in [-0.2, -0.15) is 0 Å². The maximum Gasteiger partial charge on any atom is 0.236 e. The summed E-state index contributed by atoms with van der Waals surface area (Å²) in [6.07, 6.45) is 0. The van der Waals surface area contributed by atoms with Crippen LogP contribution in [0, 0.1) is 11.2 Å². The molecular weight excluding hydrogens is 359 g/mol. The summed E-state index contributed by atoms with van der Waals surface area (Å²) in [6, 6.07) is 10.1. The lowest BCUT2D eigenvalue weighted by Crippen LogP contribution is -2.33. The van der Waals surface area contributed by atoms with E-state index in [0.29, 0.717) is 17.0 Å². The molecule has 0 atom stereocenters. The second-order valence-electron chi connectivity index (χ2n) is 6.83. The molecule has 2 N–H and O–H groups in total. The Morgan fingerprint density at radius 1 is 1.23 bits per heavy atom. The van der Waals surface area contributed by atoms with Gasteiger partial charge in [0.15, 0.2) is 0 Å². The van der Waals surface area contributed by atoms with E-state index in [9.17, 15) is 17.6 Å². The zero-order chi connectivity index (χ0) is 18.9. The summed E-state index contributed by atoms with van der Waals surface area (Å²) in [5.41, 5.74) is 0.316. The number of hydrogen-bond acceptors (Lipinski definition) is 4. The van der Waals surface area contributed by atoms with Crippen LogP contribution < -0.4 is 14.8 Å². The molecule has 0 saturated heterocycles.